The summed E-state index contributed by atoms with van der Waals surface area (Å²) in [6.45, 7) is 21.6. The smallest absolute Gasteiger partial charge is 0.231 e. The molecule has 0 aromatic carbocycles. The predicted molar refractivity (Wildman–Crippen MR) is 146 cm³/mol. The van der Waals surface area contributed by atoms with E-state index in [4.69, 9.17) is 15.0 Å². The van der Waals surface area contributed by atoms with Gasteiger partial charge in [0, 0.05) is 41.3 Å². The number of nitrogens with one attached hydrogen (secondary N) is 4. The number of anilines is 2. The largest absolute Gasteiger partial charge is 0.331 e. The molecule has 0 radical (unpaired) electrons. The van der Waals surface area contributed by atoms with Crippen molar-refractivity contribution in [2.45, 2.75) is 122 Å². The van der Waals surface area contributed by atoms with E-state index in [-0.39, 0.29) is 22.2 Å². The van der Waals surface area contributed by atoms with Crippen molar-refractivity contribution >= 4 is 11.9 Å². The monoisotopic (exact) mass is 489 g/mol. The van der Waals surface area contributed by atoms with Gasteiger partial charge in [-0.2, -0.15) is 15.0 Å². The maximum absolute atomic E-state index is 4.96. The van der Waals surface area contributed by atoms with Gasteiger partial charge < -0.3 is 25.8 Å². The Morgan fingerprint density at radius 2 is 1.26 bits per heavy atom. The lowest BCUT2D eigenvalue weighted by molar-refractivity contribution is 0.146. The minimum Gasteiger partial charge on any atom is -0.331 e. The van der Waals surface area contributed by atoms with Crippen LogP contribution in [0.25, 0.3) is 0 Å². The summed E-state index contributed by atoms with van der Waals surface area (Å²) >= 11 is 0. The van der Waals surface area contributed by atoms with Crippen LogP contribution in [0.5, 0.6) is 0 Å². The van der Waals surface area contributed by atoms with Crippen molar-refractivity contribution in [1.82, 2.24) is 36.2 Å². The van der Waals surface area contributed by atoms with Gasteiger partial charge in [-0.15, -0.1) is 0 Å². The van der Waals surface area contributed by atoms with E-state index in [1.165, 1.54) is 0 Å². The number of aryl methyl sites for hydroxylation is 1. The standard InChI is InChI=1S/C26H51N9/c1-18-29-21(34(11)17-28-19-12-23(2,3)32-24(4,5)13-19)31-22(30-18)35(16-27-10)20-14-25(6,7)33-26(8,9)15-20/h19-20,27-28,32-33H,12-17H2,1-11H3. The van der Waals surface area contributed by atoms with Crippen LogP contribution in [0, 0.1) is 6.92 Å². The van der Waals surface area contributed by atoms with Crippen LogP contribution in [0.4, 0.5) is 11.9 Å². The summed E-state index contributed by atoms with van der Waals surface area (Å²) in [5, 5.41) is 14.7. The highest BCUT2D eigenvalue weighted by molar-refractivity contribution is 5.40. The SMILES string of the molecule is CNCN(c1nc(C)nc(N(C)CNC2CC(C)(C)NC(C)(C)C2)n1)C1CC(C)(C)NC(C)(C)C1. The molecule has 2 aliphatic rings. The molecule has 9 heteroatoms. The van der Waals surface area contributed by atoms with E-state index in [9.17, 15) is 0 Å². The molecule has 0 spiro atoms. The zero-order valence-corrected chi connectivity index (χ0v) is 24.1. The van der Waals surface area contributed by atoms with Gasteiger partial charge in [-0.25, -0.2) is 0 Å². The second-order valence-corrected chi connectivity index (χ2v) is 13.5. The van der Waals surface area contributed by atoms with Crippen LogP contribution in [0.1, 0.15) is 86.9 Å². The van der Waals surface area contributed by atoms with Gasteiger partial charge in [0.15, 0.2) is 0 Å². The van der Waals surface area contributed by atoms with Gasteiger partial charge >= 0.3 is 0 Å². The molecule has 0 unspecified atom stereocenters. The number of rotatable bonds is 8. The minimum absolute atomic E-state index is 0.0421. The zero-order valence-electron chi connectivity index (χ0n) is 24.1. The van der Waals surface area contributed by atoms with E-state index >= 15 is 0 Å². The Labute approximate surface area is 213 Å². The van der Waals surface area contributed by atoms with Gasteiger partial charge in [0.05, 0.1) is 13.3 Å². The molecule has 1 aromatic rings. The summed E-state index contributed by atoms with van der Waals surface area (Å²) in [5.41, 5.74) is 0.304. The first-order valence-electron chi connectivity index (χ1n) is 13.2. The first kappa shape index (κ1) is 28.0. The molecule has 4 N–H and O–H groups in total. The molecule has 2 saturated heterocycles. The molecule has 200 valence electrons. The van der Waals surface area contributed by atoms with Crippen LogP contribution in [-0.4, -0.2) is 76.6 Å². The molecule has 0 saturated carbocycles. The highest BCUT2D eigenvalue weighted by atomic mass is 15.4. The lowest BCUT2D eigenvalue weighted by Gasteiger charge is -2.49. The topological polar surface area (TPSA) is 93.3 Å². The summed E-state index contributed by atoms with van der Waals surface area (Å²) in [4.78, 5) is 18.9. The lowest BCUT2D eigenvalue weighted by Crippen LogP contribution is -2.63. The molecule has 35 heavy (non-hydrogen) atoms. The number of hydrogen-bond acceptors (Lipinski definition) is 9. The third-order valence-electron chi connectivity index (χ3n) is 7.07. The van der Waals surface area contributed by atoms with Crippen molar-refractivity contribution in [1.29, 1.82) is 0 Å². The average Bonchev–Trinajstić information content (AvgIpc) is 2.65. The van der Waals surface area contributed by atoms with Gasteiger partial charge in [-0.1, -0.05) is 0 Å². The van der Waals surface area contributed by atoms with Crippen LogP contribution in [0.2, 0.25) is 0 Å². The first-order chi connectivity index (χ1) is 16.0. The highest BCUT2D eigenvalue weighted by Gasteiger charge is 2.41. The minimum atomic E-state index is 0.0421. The first-order valence-corrected chi connectivity index (χ1v) is 13.2. The average molecular weight is 490 g/mol. The molecule has 1 aromatic heterocycles. The Bertz CT molecular complexity index is 832. The van der Waals surface area contributed by atoms with Gasteiger partial charge in [0.1, 0.15) is 5.82 Å². The van der Waals surface area contributed by atoms with E-state index in [2.05, 4.69) is 93.5 Å². The third kappa shape index (κ3) is 7.71. The molecule has 9 nitrogen and oxygen atoms in total. The molecule has 2 aliphatic heterocycles. The van der Waals surface area contributed by atoms with Gasteiger partial charge in [0.2, 0.25) is 11.9 Å². The molecule has 0 amide bonds. The van der Waals surface area contributed by atoms with Crippen LogP contribution in [0.15, 0.2) is 0 Å². The van der Waals surface area contributed by atoms with Crippen molar-refractivity contribution in [2.75, 3.05) is 37.2 Å². The summed E-state index contributed by atoms with van der Waals surface area (Å²) in [7, 11) is 4.04. The van der Waals surface area contributed by atoms with E-state index < -0.39 is 0 Å². The van der Waals surface area contributed by atoms with E-state index in [0.29, 0.717) is 31.4 Å². The molecule has 3 heterocycles. The van der Waals surface area contributed by atoms with Crippen molar-refractivity contribution in [2.24, 2.45) is 0 Å². The molecule has 2 fully saturated rings. The number of aromatic nitrogens is 3. The second kappa shape index (κ2) is 10.1. The van der Waals surface area contributed by atoms with E-state index in [1.54, 1.807) is 0 Å². The predicted octanol–water partition coefficient (Wildman–Crippen LogP) is 2.77. The van der Waals surface area contributed by atoms with Crippen molar-refractivity contribution in [3.8, 4) is 0 Å². The Kier molecular flexibility index (Phi) is 8.07. The number of nitrogens with zero attached hydrogens (tertiary/aromatic N) is 5. The highest BCUT2D eigenvalue weighted by Crippen LogP contribution is 2.33. The molecule has 3 rings (SSSR count). The maximum atomic E-state index is 4.96. The maximum Gasteiger partial charge on any atom is 0.231 e. The Balaban J connectivity index is 1.77. The molecule has 0 aliphatic carbocycles. The van der Waals surface area contributed by atoms with E-state index in [1.807, 2.05) is 14.0 Å². The fraction of sp³-hybridized carbons (Fsp3) is 0.885. The van der Waals surface area contributed by atoms with Crippen molar-refractivity contribution in [3.63, 3.8) is 0 Å². The Morgan fingerprint density at radius 1 is 0.771 bits per heavy atom. The van der Waals surface area contributed by atoms with Crippen LogP contribution < -0.4 is 31.1 Å². The fourth-order valence-electron chi connectivity index (χ4n) is 6.58. The van der Waals surface area contributed by atoms with Crippen molar-refractivity contribution in [3.05, 3.63) is 5.82 Å². The number of hydrogen-bond donors (Lipinski definition) is 4. The van der Waals surface area contributed by atoms with Gasteiger partial charge in [-0.3, -0.25) is 5.32 Å². The van der Waals surface area contributed by atoms with Crippen LogP contribution in [0.3, 0.4) is 0 Å². The molecule has 0 bridgehead atoms. The fourth-order valence-corrected chi connectivity index (χ4v) is 6.58. The van der Waals surface area contributed by atoms with Crippen LogP contribution in [-0.2, 0) is 0 Å². The summed E-state index contributed by atoms with van der Waals surface area (Å²) in [5.74, 6) is 2.20. The summed E-state index contributed by atoms with van der Waals surface area (Å²) < 4.78 is 0. The number of piperidine rings is 2. The zero-order chi connectivity index (χ0) is 26.2. The molecular weight excluding hydrogens is 438 g/mol. The Morgan fingerprint density at radius 3 is 1.77 bits per heavy atom. The summed E-state index contributed by atoms with van der Waals surface area (Å²) in [6, 6.07) is 0.761. The molecular formula is C26H51N9. The quantitative estimate of drug-likeness (QED) is 0.411. The molecule has 0 atom stereocenters. The third-order valence-corrected chi connectivity index (χ3v) is 7.07. The lowest BCUT2D eigenvalue weighted by atomic mass is 9.79. The summed E-state index contributed by atoms with van der Waals surface area (Å²) in [6.07, 6.45) is 4.22. The van der Waals surface area contributed by atoms with Crippen LogP contribution >= 0.6 is 0 Å². The van der Waals surface area contributed by atoms with Crippen molar-refractivity contribution < 1.29 is 0 Å². The van der Waals surface area contributed by atoms with Gasteiger partial charge in [-0.05, 0) is 95.0 Å². The van der Waals surface area contributed by atoms with Gasteiger partial charge in [0.25, 0.3) is 0 Å². The van der Waals surface area contributed by atoms with E-state index in [0.717, 1.165) is 37.5 Å². The second-order valence-electron chi connectivity index (χ2n) is 13.5. The normalized spacial score (nSPS) is 23.7. The Hall–Kier alpha value is -1.55.